The minimum Gasteiger partial charge on any atom is -0.366 e. The predicted molar refractivity (Wildman–Crippen MR) is 146 cm³/mol. The van der Waals surface area contributed by atoms with Gasteiger partial charge in [0, 0.05) is 45.2 Å². The van der Waals surface area contributed by atoms with Crippen LogP contribution in [0.4, 0.5) is 22.0 Å². The fraction of sp³-hybridized carbons (Fsp3) is 0.0741. The van der Waals surface area contributed by atoms with Gasteiger partial charge in [0.05, 0.1) is 11.9 Å². The molecular formula is C27H22Cl2N6O. The summed E-state index contributed by atoms with van der Waals surface area (Å²) in [5.41, 5.74) is 5.63. The summed E-state index contributed by atoms with van der Waals surface area (Å²) in [6.07, 6.45) is 1.79. The van der Waals surface area contributed by atoms with Crippen molar-refractivity contribution in [2.45, 2.75) is 13.5 Å². The number of benzene rings is 3. The van der Waals surface area contributed by atoms with Crippen LogP contribution < -0.4 is 16.0 Å². The van der Waals surface area contributed by atoms with Crippen LogP contribution in [0.25, 0.3) is 16.9 Å². The second-order valence-electron chi connectivity index (χ2n) is 8.21. The number of fused-ring (bicyclic) bond motifs is 1. The minimum atomic E-state index is -0.338. The van der Waals surface area contributed by atoms with E-state index in [4.69, 9.17) is 28.2 Å². The molecule has 180 valence electrons. The van der Waals surface area contributed by atoms with E-state index >= 15 is 0 Å². The van der Waals surface area contributed by atoms with Gasteiger partial charge < -0.3 is 16.0 Å². The molecule has 0 atom stereocenters. The molecule has 0 saturated carbocycles. The normalized spacial score (nSPS) is 10.9. The molecule has 2 amide bonds. The molecule has 2 aromatic heterocycles. The van der Waals surface area contributed by atoms with Crippen molar-refractivity contribution in [1.29, 1.82) is 0 Å². The number of carbonyl (C=O) groups is 1. The molecule has 0 saturated heterocycles. The number of hydrogen-bond donors (Lipinski definition) is 3. The summed E-state index contributed by atoms with van der Waals surface area (Å²) in [5.74, 6) is 0.780. The Hall–Kier alpha value is -4.07. The number of amides is 2. The zero-order chi connectivity index (χ0) is 25.1. The second-order valence-corrected chi connectivity index (χ2v) is 9.05. The highest BCUT2D eigenvalue weighted by Gasteiger charge is 2.13. The van der Waals surface area contributed by atoms with E-state index in [1.165, 1.54) is 0 Å². The molecule has 5 aromatic rings. The minimum absolute atomic E-state index is 0.338. The number of nitrogens with zero attached hydrogens (tertiary/aromatic N) is 3. The van der Waals surface area contributed by atoms with Crippen LogP contribution >= 0.6 is 23.2 Å². The zero-order valence-electron chi connectivity index (χ0n) is 19.3. The van der Waals surface area contributed by atoms with Crippen molar-refractivity contribution in [1.82, 2.24) is 14.6 Å². The SMILES string of the molecule is Cc1cnn2c(NCc3cccc(NC(=O)Nc4ccc(Cl)cc4)c3)cc(-c3ccccc3Cl)nc12. The molecule has 0 aliphatic carbocycles. The molecule has 36 heavy (non-hydrogen) atoms. The standard InChI is InChI=1S/C27H22Cl2N6O/c1-17-15-31-35-25(14-24(34-26(17)35)22-7-2-3-8-23(22)29)30-16-18-5-4-6-21(13-18)33-27(36)32-20-11-9-19(28)10-12-20/h2-15,30H,16H2,1H3,(H2,32,33,36). The average Bonchev–Trinajstić information content (AvgIpc) is 3.25. The lowest BCUT2D eigenvalue weighted by Gasteiger charge is -2.13. The number of aromatic nitrogens is 3. The molecule has 3 N–H and O–H groups in total. The Labute approximate surface area is 218 Å². The highest BCUT2D eigenvalue weighted by Crippen LogP contribution is 2.29. The van der Waals surface area contributed by atoms with Gasteiger partial charge in [-0.2, -0.15) is 9.61 Å². The maximum Gasteiger partial charge on any atom is 0.323 e. The quantitative estimate of drug-likeness (QED) is 0.221. The molecule has 3 aromatic carbocycles. The lowest BCUT2D eigenvalue weighted by molar-refractivity contribution is 0.262. The van der Waals surface area contributed by atoms with Gasteiger partial charge in [0.1, 0.15) is 5.82 Å². The van der Waals surface area contributed by atoms with Gasteiger partial charge in [-0.25, -0.2) is 9.78 Å². The third-order valence-corrected chi connectivity index (χ3v) is 6.14. The van der Waals surface area contributed by atoms with Crippen LogP contribution in [0.3, 0.4) is 0 Å². The second kappa shape index (κ2) is 10.3. The van der Waals surface area contributed by atoms with E-state index in [0.29, 0.717) is 28.0 Å². The third kappa shape index (κ3) is 5.27. The third-order valence-electron chi connectivity index (χ3n) is 5.56. The topological polar surface area (TPSA) is 83.3 Å². The van der Waals surface area contributed by atoms with Crippen molar-refractivity contribution in [3.05, 3.63) is 106 Å². The van der Waals surface area contributed by atoms with E-state index in [-0.39, 0.29) is 6.03 Å². The Kier molecular flexibility index (Phi) is 6.75. The van der Waals surface area contributed by atoms with Crippen molar-refractivity contribution >= 4 is 52.1 Å². The first-order chi connectivity index (χ1) is 17.5. The highest BCUT2D eigenvalue weighted by molar-refractivity contribution is 6.33. The summed E-state index contributed by atoms with van der Waals surface area (Å²) in [6, 6.07) is 23.8. The molecular weight excluding hydrogens is 495 g/mol. The van der Waals surface area contributed by atoms with Crippen LogP contribution in [0.2, 0.25) is 10.0 Å². The zero-order valence-corrected chi connectivity index (χ0v) is 20.8. The number of halogens is 2. The number of carbonyl (C=O) groups excluding carboxylic acids is 1. The number of aryl methyl sites for hydroxylation is 1. The van der Waals surface area contributed by atoms with Crippen molar-refractivity contribution in [2.75, 3.05) is 16.0 Å². The van der Waals surface area contributed by atoms with Crippen LogP contribution in [-0.2, 0) is 6.54 Å². The number of urea groups is 1. The van der Waals surface area contributed by atoms with Gasteiger partial charge in [-0.1, -0.05) is 53.5 Å². The van der Waals surface area contributed by atoms with Crippen LogP contribution in [0, 0.1) is 6.92 Å². The molecule has 5 rings (SSSR count). The Morgan fingerprint density at radius 1 is 0.917 bits per heavy atom. The maximum absolute atomic E-state index is 12.4. The molecule has 7 nitrogen and oxygen atoms in total. The predicted octanol–water partition coefficient (Wildman–Crippen LogP) is 7.27. The molecule has 0 aliphatic heterocycles. The summed E-state index contributed by atoms with van der Waals surface area (Å²) in [6.45, 7) is 2.48. The van der Waals surface area contributed by atoms with E-state index in [9.17, 15) is 4.79 Å². The molecule has 2 heterocycles. The van der Waals surface area contributed by atoms with Crippen molar-refractivity contribution in [3.63, 3.8) is 0 Å². The summed E-state index contributed by atoms with van der Waals surface area (Å²) in [7, 11) is 0. The molecule has 0 radical (unpaired) electrons. The number of nitrogens with one attached hydrogen (secondary N) is 3. The lowest BCUT2D eigenvalue weighted by atomic mass is 10.1. The largest absolute Gasteiger partial charge is 0.366 e. The van der Waals surface area contributed by atoms with Gasteiger partial charge in [0.2, 0.25) is 0 Å². The van der Waals surface area contributed by atoms with Gasteiger partial charge >= 0.3 is 6.03 Å². The van der Waals surface area contributed by atoms with Crippen LogP contribution in [-0.4, -0.2) is 20.6 Å². The molecule has 0 fully saturated rings. The molecule has 9 heteroatoms. The smallest absolute Gasteiger partial charge is 0.323 e. The van der Waals surface area contributed by atoms with Gasteiger partial charge in [-0.3, -0.25) is 0 Å². The molecule has 0 unspecified atom stereocenters. The number of rotatable bonds is 6. The summed E-state index contributed by atoms with van der Waals surface area (Å²) in [5, 5.41) is 14.8. The van der Waals surface area contributed by atoms with E-state index in [1.54, 1.807) is 35.0 Å². The molecule has 0 aliphatic rings. The first-order valence-electron chi connectivity index (χ1n) is 11.2. The fourth-order valence-corrected chi connectivity index (χ4v) is 4.14. The van der Waals surface area contributed by atoms with Gasteiger partial charge in [-0.15, -0.1) is 0 Å². The molecule has 0 bridgehead atoms. The van der Waals surface area contributed by atoms with E-state index < -0.39 is 0 Å². The van der Waals surface area contributed by atoms with Gasteiger partial charge in [0.25, 0.3) is 0 Å². The Bertz CT molecular complexity index is 1550. The Morgan fingerprint density at radius 2 is 1.69 bits per heavy atom. The van der Waals surface area contributed by atoms with Crippen molar-refractivity contribution in [2.24, 2.45) is 0 Å². The van der Waals surface area contributed by atoms with Crippen LogP contribution in [0.1, 0.15) is 11.1 Å². The van der Waals surface area contributed by atoms with E-state index in [1.807, 2.05) is 61.5 Å². The van der Waals surface area contributed by atoms with Gasteiger partial charge in [-0.05, 0) is 55.0 Å². The van der Waals surface area contributed by atoms with Crippen LogP contribution in [0.15, 0.2) is 85.1 Å². The summed E-state index contributed by atoms with van der Waals surface area (Å²) < 4.78 is 1.78. The van der Waals surface area contributed by atoms with Crippen molar-refractivity contribution in [3.8, 4) is 11.3 Å². The average molecular weight is 517 g/mol. The summed E-state index contributed by atoms with van der Waals surface area (Å²) >= 11 is 12.3. The number of hydrogen-bond acceptors (Lipinski definition) is 4. The Balaban J connectivity index is 1.33. The van der Waals surface area contributed by atoms with Crippen molar-refractivity contribution < 1.29 is 4.79 Å². The number of anilines is 3. The van der Waals surface area contributed by atoms with Gasteiger partial charge in [0.15, 0.2) is 5.65 Å². The highest BCUT2D eigenvalue weighted by atomic mass is 35.5. The maximum atomic E-state index is 12.4. The Morgan fingerprint density at radius 3 is 2.50 bits per heavy atom. The molecule has 0 spiro atoms. The van der Waals surface area contributed by atoms with E-state index in [0.717, 1.165) is 33.8 Å². The fourth-order valence-electron chi connectivity index (χ4n) is 3.78. The lowest BCUT2D eigenvalue weighted by Crippen LogP contribution is -2.19. The first-order valence-corrected chi connectivity index (χ1v) is 12.0. The van der Waals surface area contributed by atoms with Crippen LogP contribution in [0.5, 0.6) is 0 Å². The monoisotopic (exact) mass is 516 g/mol. The van der Waals surface area contributed by atoms with E-state index in [2.05, 4.69) is 21.0 Å². The first kappa shape index (κ1) is 23.7. The summed E-state index contributed by atoms with van der Waals surface area (Å²) in [4.78, 5) is 17.2.